The molecule has 10 nitrogen and oxygen atoms in total. The van der Waals surface area contributed by atoms with Gasteiger partial charge in [-0.2, -0.15) is 0 Å². The number of anilines is 1. The molecular weight excluding hydrogens is 594 g/mol. The number of nitrogens with zero attached hydrogens (tertiary/aromatic N) is 1. The van der Waals surface area contributed by atoms with Crippen LogP contribution in [0.3, 0.4) is 0 Å². The molecule has 0 spiro atoms. The van der Waals surface area contributed by atoms with Gasteiger partial charge in [-0.15, -0.1) is 0 Å². The van der Waals surface area contributed by atoms with Crippen molar-refractivity contribution in [3.63, 3.8) is 0 Å². The number of aldehydes is 1. The molecule has 1 aromatic rings. The molecule has 274 valence electrons. The van der Waals surface area contributed by atoms with E-state index in [0.29, 0.717) is 36.2 Å². The van der Waals surface area contributed by atoms with Gasteiger partial charge in [0.15, 0.2) is 0 Å². The summed E-state index contributed by atoms with van der Waals surface area (Å²) >= 11 is 0. The zero-order chi connectivity index (χ0) is 36.8. The van der Waals surface area contributed by atoms with Crippen molar-refractivity contribution in [3.05, 3.63) is 29.8 Å². The van der Waals surface area contributed by atoms with Crippen molar-refractivity contribution >= 4 is 30.7 Å². The lowest BCUT2D eigenvalue weighted by molar-refractivity contribution is -0.123. The van der Waals surface area contributed by atoms with Crippen LogP contribution in [0.5, 0.6) is 0 Å². The number of hydrogen-bond acceptors (Lipinski definition) is 7. The predicted octanol–water partition coefficient (Wildman–Crippen LogP) is 5.81. The van der Waals surface area contributed by atoms with Gasteiger partial charge in [-0.1, -0.05) is 80.4 Å². The highest BCUT2D eigenvalue weighted by molar-refractivity contribution is 5.82. The Morgan fingerprint density at radius 2 is 1.66 bits per heavy atom. The lowest BCUT2D eigenvalue weighted by Gasteiger charge is -2.33. The molecule has 1 saturated heterocycles. The number of ether oxygens (including phenoxy) is 1. The summed E-state index contributed by atoms with van der Waals surface area (Å²) in [5, 5.41) is 5.50. The molecule has 7 atom stereocenters. The Balaban J connectivity index is -0.000000649. The fraction of sp³-hybridized carbons (Fsp3) is 0.730. The maximum atomic E-state index is 11.2. The van der Waals surface area contributed by atoms with Gasteiger partial charge in [-0.25, -0.2) is 0 Å². The summed E-state index contributed by atoms with van der Waals surface area (Å²) in [6.45, 7) is 20.2. The number of likely N-dealkylation sites (tertiary alicyclic amines) is 1. The number of rotatable bonds is 16. The van der Waals surface area contributed by atoms with Crippen LogP contribution in [0.4, 0.5) is 5.69 Å². The highest BCUT2D eigenvalue weighted by Gasteiger charge is 2.32. The third-order valence-electron chi connectivity index (χ3n) is 8.88. The van der Waals surface area contributed by atoms with Gasteiger partial charge in [0.05, 0.1) is 18.7 Å². The summed E-state index contributed by atoms with van der Waals surface area (Å²) in [6.07, 6.45) is 10.5. The molecule has 6 N–H and O–H groups in total. The number of benzene rings is 1. The summed E-state index contributed by atoms with van der Waals surface area (Å²) in [4.78, 5) is 42.0. The highest BCUT2D eigenvalue weighted by Crippen LogP contribution is 2.32. The van der Waals surface area contributed by atoms with Crippen molar-refractivity contribution in [3.8, 4) is 0 Å². The van der Waals surface area contributed by atoms with Crippen molar-refractivity contribution in [2.45, 2.75) is 125 Å². The summed E-state index contributed by atoms with van der Waals surface area (Å²) in [5.41, 5.74) is 11.9. The van der Waals surface area contributed by atoms with Crippen LogP contribution in [0.2, 0.25) is 0 Å². The van der Waals surface area contributed by atoms with Gasteiger partial charge in [0.1, 0.15) is 6.29 Å². The SMILES string of the molecule is CC.CC(N)C(=O)NCC=O.CCC(C(C)CCc1cccc(NC)c1)C1CCCN1C=O.CCC(C)C(C)C(CC)OC.NC=O. The van der Waals surface area contributed by atoms with Crippen LogP contribution in [0.25, 0.3) is 0 Å². The minimum Gasteiger partial charge on any atom is -0.388 e. The molecule has 0 radical (unpaired) electrons. The molecular formula is C37H71N5O5. The second-order valence-corrected chi connectivity index (χ2v) is 11.9. The number of methoxy groups -OCH3 is 1. The van der Waals surface area contributed by atoms with Crippen LogP contribution in [-0.2, 0) is 30.3 Å². The van der Waals surface area contributed by atoms with E-state index in [4.69, 9.17) is 15.3 Å². The zero-order valence-corrected chi connectivity index (χ0v) is 31.6. The van der Waals surface area contributed by atoms with Crippen molar-refractivity contribution in [1.82, 2.24) is 10.2 Å². The van der Waals surface area contributed by atoms with Gasteiger partial charge in [0.2, 0.25) is 18.7 Å². The minimum absolute atomic E-state index is 0.0420. The van der Waals surface area contributed by atoms with E-state index >= 15 is 0 Å². The standard InChI is InChI=1S/C19H30N2O.C10H22O.C5H10N2O2.C2H6.CH3NO/c1-4-18(19-9-6-12-21(19)14-22)15(2)10-11-16-7-5-8-17(13-16)20-3;1-6-8(3)9(4)10(7-2)11-5;1-4(6)5(9)7-2-3-8;1-2;2-1-3/h5,7-8,13-15,18-20H,4,6,9-12H2,1-3H3;8-10H,6-7H2,1-5H3;3-4H,2,6H2,1H3,(H,7,9);1-2H3;1H,(H2,2,3). The molecule has 47 heavy (non-hydrogen) atoms. The van der Waals surface area contributed by atoms with Crippen molar-refractivity contribution in [1.29, 1.82) is 0 Å². The number of amides is 3. The molecule has 0 aromatic heterocycles. The Labute approximate surface area is 287 Å². The van der Waals surface area contributed by atoms with E-state index in [-0.39, 0.29) is 18.9 Å². The Bertz CT molecular complexity index is 913. The number of carbonyl (C=O) groups is 4. The van der Waals surface area contributed by atoms with E-state index in [1.54, 1.807) is 6.92 Å². The summed E-state index contributed by atoms with van der Waals surface area (Å²) in [7, 11) is 3.77. The smallest absolute Gasteiger partial charge is 0.236 e. The molecule has 0 bridgehead atoms. The summed E-state index contributed by atoms with van der Waals surface area (Å²) in [6, 6.07) is 8.59. The van der Waals surface area contributed by atoms with Gasteiger partial charge in [0, 0.05) is 32.4 Å². The van der Waals surface area contributed by atoms with Crippen LogP contribution >= 0.6 is 0 Å². The second-order valence-electron chi connectivity index (χ2n) is 11.9. The fourth-order valence-electron chi connectivity index (χ4n) is 5.74. The van der Waals surface area contributed by atoms with E-state index in [0.717, 1.165) is 44.6 Å². The number of nitrogens with two attached hydrogens (primary N) is 2. The topological polar surface area (TPSA) is 157 Å². The van der Waals surface area contributed by atoms with Crippen LogP contribution in [0, 0.1) is 23.7 Å². The van der Waals surface area contributed by atoms with Crippen LogP contribution in [-0.4, -0.2) is 75.3 Å². The van der Waals surface area contributed by atoms with Crippen LogP contribution in [0.1, 0.15) is 106 Å². The van der Waals surface area contributed by atoms with E-state index in [1.165, 1.54) is 30.5 Å². The first-order valence-electron chi connectivity index (χ1n) is 17.6. The molecule has 2 rings (SSSR count). The van der Waals surface area contributed by atoms with E-state index < -0.39 is 6.04 Å². The summed E-state index contributed by atoms with van der Waals surface area (Å²) in [5.74, 6) is 2.44. The zero-order valence-electron chi connectivity index (χ0n) is 31.6. The molecule has 3 amide bonds. The number of aryl methyl sites for hydroxylation is 1. The lowest BCUT2D eigenvalue weighted by atomic mass is 9.81. The average molecular weight is 666 g/mol. The van der Waals surface area contributed by atoms with Gasteiger partial charge in [-0.05, 0) is 80.4 Å². The minimum atomic E-state index is -0.537. The van der Waals surface area contributed by atoms with Gasteiger partial charge >= 0.3 is 0 Å². The van der Waals surface area contributed by atoms with Crippen molar-refractivity contribution in [2.24, 2.45) is 35.1 Å². The molecule has 10 heteroatoms. The first-order valence-corrected chi connectivity index (χ1v) is 17.6. The van der Waals surface area contributed by atoms with E-state index in [9.17, 15) is 14.4 Å². The maximum absolute atomic E-state index is 11.2. The lowest BCUT2D eigenvalue weighted by Crippen LogP contribution is -2.38. The highest BCUT2D eigenvalue weighted by atomic mass is 16.5. The number of nitrogens with one attached hydrogen (secondary N) is 2. The molecule has 1 aromatic carbocycles. The first kappa shape index (κ1) is 48.4. The van der Waals surface area contributed by atoms with Crippen LogP contribution < -0.4 is 22.1 Å². The van der Waals surface area contributed by atoms with E-state index in [2.05, 4.69) is 82.2 Å². The fourth-order valence-corrected chi connectivity index (χ4v) is 5.74. The normalized spacial score (nSPS) is 16.9. The molecule has 1 fully saturated rings. The van der Waals surface area contributed by atoms with Crippen molar-refractivity contribution in [2.75, 3.05) is 32.6 Å². The van der Waals surface area contributed by atoms with Gasteiger partial charge < -0.3 is 36.5 Å². The third-order valence-corrected chi connectivity index (χ3v) is 8.88. The maximum Gasteiger partial charge on any atom is 0.236 e. The number of carbonyl (C=O) groups excluding carboxylic acids is 4. The molecule has 7 unspecified atom stereocenters. The first-order chi connectivity index (χ1) is 22.5. The Hall–Kier alpha value is -2.98. The predicted molar refractivity (Wildman–Crippen MR) is 197 cm³/mol. The third kappa shape index (κ3) is 21.5. The molecule has 1 aliphatic heterocycles. The van der Waals surface area contributed by atoms with Gasteiger partial charge in [0.25, 0.3) is 0 Å². The molecule has 0 saturated carbocycles. The molecule has 1 aliphatic rings. The molecule has 0 aliphatic carbocycles. The monoisotopic (exact) mass is 666 g/mol. The Morgan fingerprint density at radius 1 is 1.04 bits per heavy atom. The number of primary amides is 1. The quantitative estimate of drug-likeness (QED) is 0.162. The number of hydrogen-bond donors (Lipinski definition) is 4. The average Bonchev–Trinajstić information content (AvgIpc) is 3.57. The van der Waals surface area contributed by atoms with E-state index in [1.807, 2.05) is 32.9 Å². The Kier molecular flexibility index (Phi) is 32.6. The largest absolute Gasteiger partial charge is 0.388 e. The van der Waals surface area contributed by atoms with Crippen LogP contribution in [0.15, 0.2) is 24.3 Å². The summed E-state index contributed by atoms with van der Waals surface area (Å²) < 4.78 is 5.38. The second kappa shape index (κ2) is 31.6. The van der Waals surface area contributed by atoms with Crippen molar-refractivity contribution < 1.29 is 23.9 Å². The molecule has 1 heterocycles. The van der Waals surface area contributed by atoms with Gasteiger partial charge in [-0.3, -0.25) is 14.4 Å². The Morgan fingerprint density at radius 3 is 2.11 bits per heavy atom.